The highest BCUT2D eigenvalue weighted by Gasteiger charge is 2.14. The van der Waals surface area contributed by atoms with Crippen molar-refractivity contribution in [3.05, 3.63) is 47.5 Å². The van der Waals surface area contributed by atoms with Gasteiger partial charge in [0.2, 0.25) is 23.3 Å². The number of rotatable bonds is 9. The topological polar surface area (TPSA) is 58.9 Å². The first-order valence-electron chi connectivity index (χ1n) is 8.01. The summed E-state index contributed by atoms with van der Waals surface area (Å²) in [6.07, 6.45) is 2.56. The molecule has 0 amide bonds. The smallest absolute Gasteiger partial charge is 0.204 e. The van der Waals surface area contributed by atoms with Crippen LogP contribution in [0.3, 0.4) is 0 Å². The second-order valence-corrected chi connectivity index (χ2v) is 5.53. The summed E-state index contributed by atoms with van der Waals surface area (Å²) in [6.45, 7) is 0.333. The minimum absolute atomic E-state index is 0.166. The molecule has 0 aliphatic heterocycles. The van der Waals surface area contributed by atoms with Gasteiger partial charge in [0.05, 0.1) is 13.2 Å². The molecule has 4 nitrogen and oxygen atoms in total. The van der Waals surface area contributed by atoms with Crippen LogP contribution in [-0.4, -0.2) is 23.4 Å². The van der Waals surface area contributed by atoms with E-state index in [-0.39, 0.29) is 24.7 Å². The van der Waals surface area contributed by atoms with E-state index in [1.54, 1.807) is 0 Å². The Kier molecular flexibility index (Phi) is 6.94. The highest BCUT2D eigenvalue weighted by molar-refractivity contribution is 5.34. The first-order chi connectivity index (χ1) is 12.4. The minimum atomic E-state index is -1.35. The van der Waals surface area contributed by atoms with Gasteiger partial charge in [-0.2, -0.15) is 17.6 Å². The molecule has 142 valence electrons. The van der Waals surface area contributed by atoms with E-state index in [1.165, 1.54) is 0 Å². The van der Waals surface area contributed by atoms with Crippen molar-refractivity contribution in [2.45, 2.75) is 25.7 Å². The summed E-state index contributed by atoms with van der Waals surface area (Å²) in [6, 6.07) is 4.31. The molecular formula is C18H18F4O4. The number of phenols is 2. The molecule has 2 aromatic rings. The number of phenolic OH excluding ortho intramolecular Hbond substituents is 2. The number of aromatic hydroxyl groups is 2. The molecule has 0 saturated carbocycles. The van der Waals surface area contributed by atoms with Gasteiger partial charge in [0, 0.05) is 0 Å². The van der Waals surface area contributed by atoms with Crippen LogP contribution in [0, 0.1) is 23.3 Å². The average molecular weight is 374 g/mol. The summed E-state index contributed by atoms with van der Waals surface area (Å²) >= 11 is 0. The van der Waals surface area contributed by atoms with Gasteiger partial charge in [0.15, 0.2) is 23.0 Å². The van der Waals surface area contributed by atoms with Crippen molar-refractivity contribution in [2.24, 2.45) is 0 Å². The Balaban J connectivity index is 1.62. The lowest BCUT2D eigenvalue weighted by Crippen LogP contribution is -2.02. The van der Waals surface area contributed by atoms with Gasteiger partial charge in [-0.15, -0.1) is 0 Å². The Morgan fingerprint density at radius 3 is 1.35 bits per heavy atom. The molecule has 0 unspecified atom stereocenters. The lowest BCUT2D eigenvalue weighted by atomic mass is 10.2. The third-order valence-electron chi connectivity index (χ3n) is 3.61. The van der Waals surface area contributed by atoms with E-state index in [1.807, 2.05) is 0 Å². The fourth-order valence-electron chi connectivity index (χ4n) is 2.19. The summed E-state index contributed by atoms with van der Waals surface area (Å²) in [5.41, 5.74) is 0. The highest BCUT2D eigenvalue weighted by atomic mass is 19.2. The second kappa shape index (κ2) is 9.17. The van der Waals surface area contributed by atoms with Gasteiger partial charge in [0.25, 0.3) is 0 Å². The van der Waals surface area contributed by atoms with Gasteiger partial charge in [-0.05, 0) is 49.9 Å². The van der Waals surface area contributed by atoms with E-state index >= 15 is 0 Å². The third kappa shape index (κ3) is 4.93. The molecule has 2 aromatic carbocycles. The molecule has 0 radical (unpaired) electrons. The molecule has 2 N–H and O–H groups in total. The second-order valence-electron chi connectivity index (χ2n) is 5.53. The predicted molar refractivity (Wildman–Crippen MR) is 85.5 cm³/mol. The Bertz CT molecular complexity index is 689. The first kappa shape index (κ1) is 19.7. The molecule has 8 heteroatoms. The largest absolute Gasteiger partial charge is 0.505 e. The Morgan fingerprint density at radius 2 is 0.962 bits per heavy atom. The van der Waals surface area contributed by atoms with Crippen molar-refractivity contribution in [3.8, 4) is 23.0 Å². The number of ether oxygens (including phenoxy) is 2. The van der Waals surface area contributed by atoms with Crippen LogP contribution in [0.4, 0.5) is 17.6 Å². The molecule has 0 aromatic heterocycles. The SMILES string of the molecule is Oc1ccc(OCCCCCCOc2ccc(O)c(F)c2F)c(F)c1F. The molecule has 0 heterocycles. The minimum Gasteiger partial charge on any atom is -0.505 e. The fraction of sp³-hybridized carbons (Fsp3) is 0.333. The van der Waals surface area contributed by atoms with Crippen LogP contribution >= 0.6 is 0 Å². The predicted octanol–water partition coefficient (Wildman–Crippen LogP) is 4.67. The average Bonchev–Trinajstić information content (AvgIpc) is 2.63. The van der Waals surface area contributed by atoms with Crippen LogP contribution in [0.1, 0.15) is 25.7 Å². The number of hydrogen-bond donors (Lipinski definition) is 2. The van der Waals surface area contributed by atoms with Gasteiger partial charge in [-0.1, -0.05) is 0 Å². The van der Waals surface area contributed by atoms with Gasteiger partial charge in [-0.3, -0.25) is 0 Å². The van der Waals surface area contributed by atoms with E-state index in [9.17, 15) is 17.6 Å². The number of hydrogen-bond acceptors (Lipinski definition) is 4. The van der Waals surface area contributed by atoms with Gasteiger partial charge < -0.3 is 19.7 Å². The monoisotopic (exact) mass is 374 g/mol. The maximum Gasteiger partial charge on any atom is 0.204 e. The summed E-state index contributed by atoms with van der Waals surface area (Å²) < 4.78 is 63.4. The van der Waals surface area contributed by atoms with Crippen molar-refractivity contribution >= 4 is 0 Å². The van der Waals surface area contributed by atoms with E-state index in [0.29, 0.717) is 25.7 Å². The molecule has 0 fully saturated rings. The maximum atomic E-state index is 13.4. The van der Waals surface area contributed by atoms with Crippen molar-refractivity contribution in [1.29, 1.82) is 0 Å². The molecule has 0 aliphatic rings. The number of halogens is 4. The fourth-order valence-corrected chi connectivity index (χ4v) is 2.19. The first-order valence-corrected chi connectivity index (χ1v) is 8.01. The summed E-state index contributed by atoms with van der Waals surface area (Å²) in [4.78, 5) is 0. The van der Waals surface area contributed by atoms with Crippen LogP contribution in [-0.2, 0) is 0 Å². The molecule has 0 aliphatic carbocycles. The van der Waals surface area contributed by atoms with Crippen LogP contribution in [0.5, 0.6) is 23.0 Å². The van der Waals surface area contributed by atoms with Gasteiger partial charge in [0.1, 0.15) is 0 Å². The third-order valence-corrected chi connectivity index (χ3v) is 3.61. The molecule has 0 saturated heterocycles. The maximum absolute atomic E-state index is 13.4. The molecular weight excluding hydrogens is 356 g/mol. The molecule has 2 rings (SSSR count). The number of unbranched alkanes of at least 4 members (excludes halogenated alkanes) is 3. The zero-order chi connectivity index (χ0) is 19.1. The molecule has 0 spiro atoms. The van der Waals surface area contributed by atoms with E-state index < -0.39 is 34.8 Å². The van der Waals surface area contributed by atoms with E-state index in [4.69, 9.17) is 19.7 Å². The Labute approximate surface area is 147 Å². The molecule has 26 heavy (non-hydrogen) atoms. The van der Waals surface area contributed by atoms with Crippen molar-refractivity contribution in [2.75, 3.05) is 13.2 Å². The quantitative estimate of drug-likeness (QED) is 0.495. The highest BCUT2D eigenvalue weighted by Crippen LogP contribution is 2.27. The lowest BCUT2D eigenvalue weighted by Gasteiger charge is -2.09. The normalized spacial score (nSPS) is 10.8. The molecule has 0 bridgehead atoms. The summed E-state index contributed by atoms with van der Waals surface area (Å²) in [5, 5.41) is 18.0. The zero-order valence-electron chi connectivity index (χ0n) is 13.8. The van der Waals surface area contributed by atoms with Crippen molar-refractivity contribution in [1.82, 2.24) is 0 Å². The van der Waals surface area contributed by atoms with Crippen LogP contribution in [0.15, 0.2) is 24.3 Å². The zero-order valence-corrected chi connectivity index (χ0v) is 13.8. The lowest BCUT2D eigenvalue weighted by molar-refractivity contribution is 0.268. The number of benzene rings is 2. The van der Waals surface area contributed by atoms with E-state index in [2.05, 4.69) is 0 Å². The summed E-state index contributed by atoms with van der Waals surface area (Å²) in [5.74, 6) is -7.26. The Hall–Kier alpha value is -2.64. The van der Waals surface area contributed by atoms with Crippen molar-refractivity contribution < 1.29 is 37.2 Å². The van der Waals surface area contributed by atoms with Gasteiger partial charge >= 0.3 is 0 Å². The van der Waals surface area contributed by atoms with Crippen LogP contribution < -0.4 is 9.47 Å². The Morgan fingerprint density at radius 1 is 0.577 bits per heavy atom. The molecule has 0 atom stereocenters. The van der Waals surface area contributed by atoms with Crippen LogP contribution in [0.2, 0.25) is 0 Å². The van der Waals surface area contributed by atoms with Gasteiger partial charge in [-0.25, -0.2) is 0 Å². The standard InChI is InChI=1S/C18H18F4O4/c19-15-11(23)5-7-13(17(15)21)25-9-3-1-2-4-10-26-14-8-6-12(24)16(20)18(14)22/h5-8,23-24H,1-4,9-10H2. The van der Waals surface area contributed by atoms with E-state index in [0.717, 1.165) is 24.3 Å². The summed E-state index contributed by atoms with van der Waals surface area (Å²) in [7, 11) is 0. The van der Waals surface area contributed by atoms with Crippen LogP contribution in [0.25, 0.3) is 0 Å². The van der Waals surface area contributed by atoms with Crippen molar-refractivity contribution in [3.63, 3.8) is 0 Å².